The molecule has 6 nitrogen and oxygen atoms in total. The highest BCUT2D eigenvalue weighted by Crippen LogP contribution is 2.33. The van der Waals surface area contributed by atoms with E-state index >= 15 is 0 Å². The van der Waals surface area contributed by atoms with Crippen molar-refractivity contribution >= 4 is 11.6 Å². The fourth-order valence-electron chi connectivity index (χ4n) is 1.93. The van der Waals surface area contributed by atoms with Crippen molar-refractivity contribution in [3.63, 3.8) is 0 Å². The Balaban J connectivity index is 1.97. The van der Waals surface area contributed by atoms with Crippen molar-refractivity contribution in [1.29, 1.82) is 0 Å². The smallest absolute Gasteiger partial charge is 0.293 e. The number of imidazole rings is 1. The van der Waals surface area contributed by atoms with Gasteiger partial charge in [0.15, 0.2) is 6.10 Å². The number of aromatic nitrogens is 2. The molecule has 0 saturated heterocycles. The highest BCUT2D eigenvalue weighted by molar-refractivity contribution is 5.98. The molecule has 1 amide bonds. The predicted octanol–water partition coefficient (Wildman–Crippen LogP) is 1.80. The lowest BCUT2D eigenvalue weighted by molar-refractivity contribution is -0.122. The third-order valence-corrected chi connectivity index (χ3v) is 2.97. The first-order valence-corrected chi connectivity index (χ1v) is 5.88. The van der Waals surface area contributed by atoms with Crippen LogP contribution in [0.2, 0.25) is 0 Å². The molecule has 0 spiro atoms. The van der Waals surface area contributed by atoms with Crippen LogP contribution >= 0.6 is 0 Å². The van der Waals surface area contributed by atoms with Gasteiger partial charge in [0, 0.05) is 5.56 Å². The van der Waals surface area contributed by atoms with Gasteiger partial charge in [0.1, 0.15) is 5.75 Å². The van der Waals surface area contributed by atoms with Crippen LogP contribution in [0.5, 0.6) is 11.8 Å². The summed E-state index contributed by atoms with van der Waals surface area (Å²) in [5.41, 5.74) is 2.37. The Morgan fingerprint density at radius 2 is 2.26 bits per heavy atom. The Kier molecular flexibility index (Phi) is 2.63. The molecule has 0 radical (unpaired) electrons. The Morgan fingerprint density at radius 1 is 1.42 bits per heavy atom. The van der Waals surface area contributed by atoms with Gasteiger partial charge in [-0.3, -0.25) is 4.79 Å². The summed E-state index contributed by atoms with van der Waals surface area (Å²) in [6, 6.07) is 6.01. The monoisotopic (exact) mass is 259 g/mol. The molecule has 2 aromatic rings. The summed E-state index contributed by atoms with van der Waals surface area (Å²) >= 11 is 0. The van der Waals surface area contributed by atoms with Crippen molar-refractivity contribution in [2.45, 2.75) is 13.0 Å². The second-order valence-corrected chi connectivity index (χ2v) is 4.27. The molecule has 3 rings (SSSR count). The molecular formula is C13H13N3O3. The summed E-state index contributed by atoms with van der Waals surface area (Å²) in [6.07, 6.45) is 1.21. The van der Waals surface area contributed by atoms with E-state index in [4.69, 9.17) is 9.47 Å². The maximum atomic E-state index is 11.6. The maximum absolute atomic E-state index is 11.6. The van der Waals surface area contributed by atoms with Crippen molar-refractivity contribution in [2.75, 3.05) is 12.4 Å². The lowest BCUT2D eigenvalue weighted by Crippen LogP contribution is -2.34. The summed E-state index contributed by atoms with van der Waals surface area (Å²) < 4.78 is 10.5. The number of rotatable bonds is 2. The van der Waals surface area contributed by atoms with Crippen LogP contribution in [-0.2, 0) is 4.79 Å². The molecular weight excluding hydrogens is 246 g/mol. The number of carbonyl (C=O) groups excluding carboxylic acids is 1. The zero-order chi connectivity index (χ0) is 13.4. The lowest BCUT2D eigenvalue weighted by Gasteiger charge is -2.23. The minimum Gasteiger partial charge on any atom is -0.479 e. The molecule has 1 unspecified atom stereocenters. The third-order valence-electron chi connectivity index (χ3n) is 2.97. The van der Waals surface area contributed by atoms with E-state index in [1.165, 1.54) is 0 Å². The molecule has 19 heavy (non-hydrogen) atoms. The van der Waals surface area contributed by atoms with Crippen molar-refractivity contribution in [2.24, 2.45) is 0 Å². The second-order valence-electron chi connectivity index (χ2n) is 4.27. The molecule has 1 aliphatic rings. The van der Waals surface area contributed by atoms with Gasteiger partial charge in [-0.25, -0.2) is 4.98 Å². The van der Waals surface area contributed by atoms with Crippen LogP contribution in [-0.4, -0.2) is 29.1 Å². The Hall–Kier alpha value is -2.50. The molecule has 1 aliphatic heterocycles. The summed E-state index contributed by atoms with van der Waals surface area (Å²) in [5.74, 6) is 0.522. The van der Waals surface area contributed by atoms with Gasteiger partial charge in [0.2, 0.25) is 0 Å². The lowest BCUT2D eigenvalue weighted by atomic mass is 10.1. The third kappa shape index (κ3) is 2.01. The topological polar surface area (TPSA) is 76.2 Å². The average molecular weight is 259 g/mol. The Morgan fingerprint density at radius 3 is 3.00 bits per heavy atom. The number of anilines is 1. The molecule has 2 N–H and O–H groups in total. The van der Waals surface area contributed by atoms with Gasteiger partial charge in [0.25, 0.3) is 11.9 Å². The molecule has 1 atom stereocenters. The first-order chi connectivity index (χ1) is 9.17. The molecule has 0 aliphatic carbocycles. The van der Waals surface area contributed by atoms with Crippen LogP contribution in [0.25, 0.3) is 11.3 Å². The molecule has 0 saturated carbocycles. The van der Waals surface area contributed by atoms with Crippen molar-refractivity contribution in [3.8, 4) is 23.0 Å². The van der Waals surface area contributed by atoms with Crippen LogP contribution in [0.4, 0.5) is 5.69 Å². The standard InChI is InChI=1S/C13H13N3O3/c1-7-12(17)15-9-5-8(3-4-11(9)19-7)10-6-14-13(16-10)18-2/h3-7H,1-2H3,(H,14,16)(H,15,17). The van der Waals surface area contributed by atoms with Crippen molar-refractivity contribution < 1.29 is 14.3 Å². The number of benzene rings is 1. The first kappa shape index (κ1) is 11.6. The summed E-state index contributed by atoms with van der Waals surface area (Å²) in [7, 11) is 1.55. The molecule has 98 valence electrons. The number of aromatic amines is 1. The number of H-pyrrole nitrogens is 1. The normalized spacial score (nSPS) is 17.4. The van der Waals surface area contributed by atoms with Gasteiger partial charge < -0.3 is 19.8 Å². The van der Waals surface area contributed by atoms with E-state index in [1.54, 1.807) is 20.2 Å². The second kappa shape index (κ2) is 4.31. The maximum Gasteiger partial charge on any atom is 0.293 e. The molecule has 2 heterocycles. The van der Waals surface area contributed by atoms with E-state index in [-0.39, 0.29) is 5.91 Å². The van der Waals surface area contributed by atoms with Crippen LogP contribution in [0.1, 0.15) is 6.92 Å². The summed E-state index contributed by atoms with van der Waals surface area (Å²) in [4.78, 5) is 18.7. The van der Waals surface area contributed by atoms with Crippen LogP contribution in [0.15, 0.2) is 24.4 Å². The van der Waals surface area contributed by atoms with Gasteiger partial charge in [-0.1, -0.05) is 0 Å². The minimum absolute atomic E-state index is 0.146. The van der Waals surface area contributed by atoms with Crippen LogP contribution < -0.4 is 14.8 Å². The fraction of sp³-hybridized carbons (Fsp3) is 0.231. The zero-order valence-electron chi connectivity index (χ0n) is 10.6. The number of hydrogen-bond acceptors (Lipinski definition) is 4. The highest BCUT2D eigenvalue weighted by atomic mass is 16.5. The van der Waals surface area contributed by atoms with E-state index in [9.17, 15) is 4.79 Å². The van der Waals surface area contributed by atoms with Gasteiger partial charge in [-0.15, -0.1) is 0 Å². The molecule has 6 heteroatoms. The van der Waals surface area contributed by atoms with Gasteiger partial charge in [-0.2, -0.15) is 0 Å². The molecule has 1 aromatic carbocycles. The number of hydrogen-bond donors (Lipinski definition) is 2. The molecule has 1 aromatic heterocycles. The first-order valence-electron chi connectivity index (χ1n) is 5.88. The zero-order valence-corrected chi connectivity index (χ0v) is 10.6. The van der Waals surface area contributed by atoms with E-state index < -0.39 is 6.10 Å². The van der Waals surface area contributed by atoms with Crippen molar-refractivity contribution in [1.82, 2.24) is 9.97 Å². The number of nitrogens with zero attached hydrogens (tertiary/aromatic N) is 1. The van der Waals surface area contributed by atoms with E-state index in [0.29, 0.717) is 17.4 Å². The largest absolute Gasteiger partial charge is 0.479 e. The molecule has 0 fully saturated rings. The van der Waals surface area contributed by atoms with E-state index in [1.807, 2.05) is 18.2 Å². The van der Waals surface area contributed by atoms with E-state index in [2.05, 4.69) is 15.3 Å². The number of amides is 1. The van der Waals surface area contributed by atoms with Crippen LogP contribution in [0, 0.1) is 0 Å². The van der Waals surface area contributed by atoms with Gasteiger partial charge >= 0.3 is 0 Å². The highest BCUT2D eigenvalue weighted by Gasteiger charge is 2.23. The Labute approximate surface area is 109 Å². The predicted molar refractivity (Wildman–Crippen MR) is 69.3 cm³/mol. The van der Waals surface area contributed by atoms with Gasteiger partial charge in [0.05, 0.1) is 24.7 Å². The SMILES string of the molecule is COc1ncc(-c2ccc3c(c2)NC(=O)C(C)O3)[nH]1. The van der Waals surface area contributed by atoms with Crippen LogP contribution in [0.3, 0.4) is 0 Å². The number of ether oxygens (including phenoxy) is 2. The minimum atomic E-state index is -0.467. The number of methoxy groups -OCH3 is 1. The summed E-state index contributed by atoms with van der Waals surface area (Å²) in [6.45, 7) is 1.71. The van der Waals surface area contributed by atoms with Gasteiger partial charge in [-0.05, 0) is 25.1 Å². The average Bonchev–Trinajstić information content (AvgIpc) is 2.88. The number of nitrogens with one attached hydrogen (secondary N) is 2. The Bertz CT molecular complexity index is 636. The number of carbonyl (C=O) groups is 1. The fourth-order valence-corrected chi connectivity index (χ4v) is 1.93. The molecule has 0 bridgehead atoms. The number of fused-ring (bicyclic) bond motifs is 1. The van der Waals surface area contributed by atoms with E-state index in [0.717, 1.165) is 11.3 Å². The quantitative estimate of drug-likeness (QED) is 0.862. The summed E-state index contributed by atoms with van der Waals surface area (Å²) in [5, 5.41) is 2.81. The van der Waals surface area contributed by atoms with Crippen molar-refractivity contribution in [3.05, 3.63) is 24.4 Å².